The Morgan fingerprint density at radius 3 is 2.55 bits per heavy atom. The summed E-state index contributed by atoms with van der Waals surface area (Å²) in [5.41, 5.74) is 0.860. The average Bonchev–Trinajstić information content (AvgIpc) is 2.91. The van der Waals surface area contributed by atoms with Crippen LogP contribution in [0.5, 0.6) is 5.75 Å². The van der Waals surface area contributed by atoms with Gasteiger partial charge in [0.15, 0.2) is 0 Å². The molecular weight excluding hydrogens is 440 g/mol. The van der Waals surface area contributed by atoms with E-state index in [2.05, 4.69) is 4.72 Å². The monoisotopic (exact) mass is 458 g/mol. The largest absolute Gasteiger partial charge is 0.492 e. The van der Waals surface area contributed by atoms with Gasteiger partial charge in [-0.15, -0.1) is 0 Å². The fraction of sp³-hybridized carbons (Fsp3) is 0.278. The van der Waals surface area contributed by atoms with Crippen molar-refractivity contribution in [2.24, 2.45) is 0 Å². The molecule has 3 rings (SSSR count). The molecule has 1 fully saturated rings. The molecule has 2 aromatic carbocycles. The minimum atomic E-state index is -4.18. The summed E-state index contributed by atoms with van der Waals surface area (Å²) in [4.78, 5) is 11.8. The van der Waals surface area contributed by atoms with E-state index >= 15 is 0 Å². The van der Waals surface area contributed by atoms with Gasteiger partial charge in [0.1, 0.15) is 10.6 Å². The van der Waals surface area contributed by atoms with Crippen molar-refractivity contribution in [2.45, 2.75) is 25.2 Å². The molecule has 0 spiro atoms. The zero-order valence-corrected chi connectivity index (χ0v) is 18.1. The number of carbonyl (C=O) groups is 1. The first kappa shape index (κ1) is 21.4. The first-order valence-corrected chi connectivity index (χ1v) is 12.1. The van der Waals surface area contributed by atoms with Gasteiger partial charge in [-0.05, 0) is 49.7 Å². The van der Waals surface area contributed by atoms with Crippen LogP contribution < -0.4 is 13.8 Å². The number of rotatable bonds is 6. The summed E-state index contributed by atoms with van der Waals surface area (Å²) in [6.07, 6.45) is -0.155. The Balaban J connectivity index is 2.10. The van der Waals surface area contributed by atoms with Gasteiger partial charge in [-0.2, -0.15) is 0 Å². The van der Waals surface area contributed by atoms with E-state index in [1.807, 2.05) is 0 Å². The average molecular weight is 459 g/mol. The molecule has 0 bridgehead atoms. The fourth-order valence-electron chi connectivity index (χ4n) is 2.88. The molecule has 0 unspecified atom stereocenters. The number of amides is 1. The van der Waals surface area contributed by atoms with Crippen molar-refractivity contribution in [2.75, 3.05) is 21.4 Å². The molecule has 1 amide bonds. The Labute approximate surface area is 174 Å². The van der Waals surface area contributed by atoms with E-state index in [1.54, 1.807) is 26.0 Å². The maximum Gasteiger partial charge on any atom is 0.265 e. The predicted octanol–water partition coefficient (Wildman–Crippen LogP) is 2.91. The van der Waals surface area contributed by atoms with Crippen LogP contribution in [0, 0.1) is 6.92 Å². The topological polar surface area (TPSA) is 110 Å². The summed E-state index contributed by atoms with van der Waals surface area (Å²) >= 11 is 5.96. The molecule has 0 radical (unpaired) electrons. The zero-order valence-electron chi connectivity index (χ0n) is 15.7. The van der Waals surface area contributed by atoms with E-state index in [0.717, 1.165) is 6.07 Å². The number of hydrogen-bond donors (Lipinski definition) is 1. The Hall–Kier alpha value is -2.30. The van der Waals surface area contributed by atoms with E-state index in [1.165, 1.54) is 18.2 Å². The molecular formula is C18H19ClN2O6S2. The van der Waals surface area contributed by atoms with Crippen LogP contribution in [0.15, 0.2) is 41.3 Å². The number of anilines is 2. The number of nitrogens with one attached hydrogen (secondary N) is 1. The predicted molar refractivity (Wildman–Crippen MR) is 110 cm³/mol. The van der Waals surface area contributed by atoms with Crippen molar-refractivity contribution in [1.82, 2.24) is 0 Å². The molecule has 8 nitrogen and oxygen atoms in total. The number of carbonyl (C=O) groups excluding carboxylic acids is 1. The van der Waals surface area contributed by atoms with Gasteiger partial charge in [-0.1, -0.05) is 17.7 Å². The molecule has 0 aliphatic carbocycles. The quantitative estimate of drug-likeness (QED) is 0.712. The molecule has 0 atom stereocenters. The maximum absolute atomic E-state index is 13.1. The number of hydrogen-bond acceptors (Lipinski definition) is 6. The Morgan fingerprint density at radius 2 is 1.93 bits per heavy atom. The summed E-state index contributed by atoms with van der Waals surface area (Å²) in [5.74, 6) is -0.898. The van der Waals surface area contributed by atoms with Gasteiger partial charge in [0, 0.05) is 11.4 Å². The molecule has 1 heterocycles. The van der Waals surface area contributed by atoms with E-state index in [9.17, 15) is 21.6 Å². The lowest BCUT2D eigenvalue weighted by Gasteiger charge is -2.19. The molecule has 2 aromatic rings. The fourth-order valence-corrected chi connectivity index (χ4v) is 5.79. The molecule has 0 saturated carbocycles. The van der Waals surface area contributed by atoms with Crippen molar-refractivity contribution in [3.63, 3.8) is 0 Å². The van der Waals surface area contributed by atoms with Gasteiger partial charge in [0.25, 0.3) is 10.0 Å². The van der Waals surface area contributed by atoms with Crippen molar-refractivity contribution in [3.05, 3.63) is 47.0 Å². The summed E-state index contributed by atoms with van der Waals surface area (Å²) in [6, 6.07) is 8.55. The lowest BCUT2D eigenvalue weighted by atomic mass is 10.2. The van der Waals surface area contributed by atoms with Crippen LogP contribution in [-0.4, -0.2) is 35.1 Å². The summed E-state index contributed by atoms with van der Waals surface area (Å²) in [7, 11) is -8.02. The number of benzene rings is 2. The van der Waals surface area contributed by atoms with Crippen LogP contribution in [0.4, 0.5) is 11.4 Å². The second kappa shape index (κ2) is 7.85. The second-order valence-corrected chi connectivity index (χ2v) is 10.4. The third-order valence-electron chi connectivity index (χ3n) is 4.27. The minimum absolute atomic E-state index is 0.0347. The van der Waals surface area contributed by atoms with E-state index < -0.39 is 26.0 Å². The smallest absolute Gasteiger partial charge is 0.265 e. The van der Waals surface area contributed by atoms with Gasteiger partial charge >= 0.3 is 0 Å². The number of sulfonamides is 2. The van der Waals surface area contributed by atoms with Crippen LogP contribution in [0.3, 0.4) is 0 Å². The molecule has 1 N–H and O–H groups in total. The van der Waals surface area contributed by atoms with Gasteiger partial charge < -0.3 is 4.74 Å². The standard InChI is InChI=1S/C18H19ClN2O6S2/c1-3-27-16-7-6-14(21-18(22)8-9-28(21,23)24)11-17(16)29(25,26)20-15-10-13(19)5-4-12(15)2/h4-7,10-11,20H,3,8-9H2,1-2H3. The van der Waals surface area contributed by atoms with Crippen LogP contribution in [0.1, 0.15) is 18.9 Å². The van der Waals surface area contributed by atoms with Crippen molar-refractivity contribution in [3.8, 4) is 5.75 Å². The first-order chi connectivity index (χ1) is 13.5. The normalized spacial score (nSPS) is 16.1. The van der Waals surface area contributed by atoms with Crippen LogP contribution >= 0.6 is 11.6 Å². The molecule has 1 saturated heterocycles. The van der Waals surface area contributed by atoms with Crippen LogP contribution in [0.25, 0.3) is 0 Å². The van der Waals surface area contributed by atoms with Crippen LogP contribution in [0.2, 0.25) is 5.02 Å². The Bertz CT molecular complexity index is 1180. The molecule has 1 aliphatic rings. The highest BCUT2D eigenvalue weighted by atomic mass is 35.5. The van der Waals surface area contributed by atoms with Gasteiger partial charge in [-0.25, -0.2) is 21.1 Å². The number of ether oxygens (including phenoxy) is 1. The number of halogens is 1. The highest BCUT2D eigenvalue weighted by Gasteiger charge is 2.37. The summed E-state index contributed by atoms with van der Waals surface area (Å²) < 4.78 is 59.1. The number of aryl methyl sites for hydroxylation is 1. The molecule has 0 aromatic heterocycles. The van der Waals surface area contributed by atoms with Gasteiger partial charge in [0.2, 0.25) is 15.9 Å². The summed E-state index contributed by atoms with van der Waals surface area (Å²) in [5, 5.41) is 0.348. The first-order valence-electron chi connectivity index (χ1n) is 8.67. The van der Waals surface area contributed by atoms with Crippen molar-refractivity contribution in [1.29, 1.82) is 0 Å². The van der Waals surface area contributed by atoms with Crippen molar-refractivity contribution < 1.29 is 26.4 Å². The minimum Gasteiger partial charge on any atom is -0.492 e. The lowest BCUT2D eigenvalue weighted by molar-refractivity contribution is -0.116. The molecule has 29 heavy (non-hydrogen) atoms. The Morgan fingerprint density at radius 1 is 1.21 bits per heavy atom. The SMILES string of the molecule is CCOc1ccc(N2C(=O)CCS2(=O)=O)cc1S(=O)(=O)Nc1cc(Cl)ccc1C. The molecule has 11 heteroatoms. The molecule has 1 aliphatic heterocycles. The van der Waals surface area contributed by atoms with Crippen molar-refractivity contribution >= 4 is 48.9 Å². The maximum atomic E-state index is 13.1. The highest BCUT2D eigenvalue weighted by Crippen LogP contribution is 2.34. The third kappa shape index (κ3) is 4.34. The van der Waals surface area contributed by atoms with E-state index in [-0.39, 0.29) is 40.8 Å². The van der Waals surface area contributed by atoms with E-state index in [4.69, 9.17) is 16.3 Å². The van der Waals surface area contributed by atoms with Gasteiger partial charge in [-0.3, -0.25) is 9.52 Å². The summed E-state index contributed by atoms with van der Waals surface area (Å²) in [6.45, 7) is 3.59. The lowest BCUT2D eigenvalue weighted by Crippen LogP contribution is -2.29. The van der Waals surface area contributed by atoms with Crippen LogP contribution in [-0.2, 0) is 24.8 Å². The van der Waals surface area contributed by atoms with E-state index in [0.29, 0.717) is 14.9 Å². The Kier molecular flexibility index (Phi) is 5.79. The molecule has 156 valence electrons. The third-order valence-corrected chi connectivity index (χ3v) is 7.59. The highest BCUT2D eigenvalue weighted by molar-refractivity contribution is 7.94. The second-order valence-electron chi connectivity index (χ2n) is 6.35. The van der Waals surface area contributed by atoms with Gasteiger partial charge in [0.05, 0.1) is 23.7 Å². The number of nitrogens with zero attached hydrogens (tertiary/aromatic N) is 1. The zero-order chi connectivity index (χ0) is 21.4.